The second-order valence-corrected chi connectivity index (χ2v) is 7.04. The molecule has 2 aromatic carbocycles. The fourth-order valence-electron chi connectivity index (χ4n) is 2.93. The van der Waals surface area contributed by atoms with Crippen LogP contribution in [0.1, 0.15) is 30.5 Å². The first-order valence-corrected chi connectivity index (χ1v) is 9.21. The van der Waals surface area contributed by atoms with E-state index < -0.39 is 0 Å². The van der Waals surface area contributed by atoms with Gasteiger partial charge in [0.25, 0.3) is 0 Å². The van der Waals surface area contributed by atoms with Crippen LogP contribution in [0.3, 0.4) is 0 Å². The summed E-state index contributed by atoms with van der Waals surface area (Å²) in [5.41, 5.74) is 3.04. The molecular weight excluding hydrogens is 354 g/mol. The molecule has 2 rings (SSSR count). The SMILES string of the molecule is COc1ccc(C(CC(=O)N(C)Cc2ccc(N(C)C)cc2)NC(C)=O)cc1. The summed E-state index contributed by atoms with van der Waals surface area (Å²) in [5.74, 6) is 0.525. The molecule has 2 amide bonds. The number of hydrogen-bond donors (Lipinski definition) is 1. The van der Waals surface area contributed by atoms with Gasteiger partial charge in [-0.1, -0.05) is 24.3 Å². The van der Waals surface area contributed by atoms with Gasteiger partial charge in [-0.2, -0.15) is 0 Å². The van der Waals surface area contributed by atoms with E-state index >= 15 is 0 Å². The molecule has 0 spiro atoms. The van der Waals surface area contributed by atoms with Gasteiger partial charge in [-0.15, -0.1) is 0 Å². The van der Waals surface area contributed by atoms with Crippen molar-refractivity contribution >= 4 is 17.5 Å². The molecule has 1 N–H and O–H groups in total. The second kappa shape index (κ2) is 9.78. The number of benzene rings is 2. The Morgan fingerprint density at radius 2 is 1.61 bits per heavy atom. The third kappa shape index (κ3) is 6.01. The molecule has 6 nitrogen and oxygen atoms in total. The van der Waals surface area contributed by atoms with Gasteiger partial charge < -0.3 is 19.9 Å². The van der Waals surface area contributed by atoms with E-state index in [9.17, 15) is 9.59 Å². The molecule has 0 fully saturated rings. The maximum Gasteiger partial charge on any atom is 0.225 e. The average Bonchev–Trinajstić information content (AvgIpc) is 2.67. The molecule has 0 aliphatic rings. The third-order valence-corrected chi connectivity index (χ3v) is 4.57. The number of hydrogen-bond acceptors (Lipinski definition) is 4. The lowest BCUT2D eigenvalue weighted by atomic mass is 10.0. The van der Waals surface area contributed by atoms with Gasteiger partial charge in [0.2, 0.25) is 11.8 Å². The Hall–Kier alpha value is -3.02. The average molecular weight is 383 g/mol. The van der Waals surface area contributed by atoms with Crippen LogP contribution in [0.15, 0.2) is 48.5 Å². The number of rotatable bonds is 8. The first-order chi connectivity index (χ1) is 13.3. The molecule has 0 radical (unpaired) electrons. The van der Waals surface area contributed by atoms with Crippen LogP contribution in [0.5, 0.6) is 5.75 Å². The summed E-state index contributed by atoms with van der Waals surface area (Å²) >= 11 is 0. The van der Waals surface area contributed by atoms with Gasteiger partial charge in [0.15, 0.2) is 0 Å². The first-order valence-electron chi connectivity index (χ1n) is 9.21. The zero-order valence-corrected chi connectivity index (χ0v) is 17.2. The molecule has 1 unspecified atom stereocenters. The van der Waals surface area contributed by atoms with E-state index in [1.807, 2.05) is 67.5 Å². The van der Waals surface area contributed by atoms with E-state index in [0.29, 0.717) is 6.54 Å². The lowest BCUT2D eigenvalue weighted by molar-refractivity contribution is -0.131. The van der Waals surface area contributed by atoms with Gasteiger partial charge in [-0.3, -0.25) is 9.59 Å². The minimum atomic E-state index is -0.380. The Kier molecular flexibility index (Phi) is 7.44. The Bertz CT molecular complexity index is 786. The van der Waals surface area contributed by atoms with Crippen LogP contribution in [0.4, 0.5) is 5.69 Å². The summed E-state index contributed by atoms with van der Waals surface area (Å²) in [7, 11) is 7.36. The number of carbonyl (C=O) groups excluding carboxylic acids is 2. The van der Waals surface area contributed by atoms with Crippen molar-refractivity contribution in [2.75, 3.05) is 33.2 Å². The van der Waals surface area contributed by atoms with Crippen LogP contribution in [0.25, 0.3) is 0 Å². The summed E-state index contributed by atoms with van der Waals surface area (Å²) < 4.78 is 5.17. The highest BCUT2D eigenvalue weighted by Crippen LogP contribution is 2.22. The van der Waals surface area contributed by atoms with Gasteiger partial charge in [0.05, 0.1) is 19.6 Å². The Morgan fingerprint density at radius 3 is 2.11 bits per heavy atom. The fraction of sp³-hybridized carbons (Fsp3) is 0.364. The normalized spacial score (nSPS) is 11.5. The summed E-state index contributed by atoms with van der Waals surface area (Å²) in [6.45, 7) is 1.97. The molecule has 28 heavy (non-hydrogen) atoms. The van der Waals surface area contributed by atoms with E-state index in [0.717, 1.165) is 22.6 Å². The molecule has 0 saturated heterocycles. The summed E-state index contributed by atoms with van der Waals surface area (Å²) in [5, 5.41) is 2.87. The number of methoxy groups -OCH3 is 1. The minimum Gasteiger partial charge on any atom is -0.497 e. The predicted molar refractivity (Wildman–Crippen MR) is 111 cm³/mol. The molecule has 0 aliphatic heterocycles. The second-order valence-electron chi connectivity index (χ2n) is 7.04. The van der Waals surface area contributed by atoms with Crippen LogP contribution in [0.2, 0.25) is 0 Å². The lowest BCUT2D eigenvalue weighted by Crippen LogP contribution is -2.33. The topological polar surface area (TPSA) is 61.9 Å². The highest BCUT2D eigenvalue weighted by molar-refractivity contribution is 5.79. The van der Waals surface area contributed by atoms with Gasteiger partial charge in [-0.05, 0) is 35.4 Å². The van der Waals surface area contributed by atoms with Crippen molar-refractivity contribution in [1.29, 1.82) is 0 Å². The molecule has 150 valence electrons. The molecule has 0 bridgehead atoms. The zero-order chi connectivity index (χ0) is 20.7. The smallest absolute Gasteiger partial charge is 0.225 e. The Labute approximate surface area is 167 Å². The summed E-state index contributed by atoms with van der Waals surface area (Å²) in [6.07, 6.45) is 0.193. The number of carbonyl (C=O) groups is 2. The molecule has 0 aromatic heterocycles. The number of anilines is 1. The van der Waals surface area contributed by atoms with E-state index in [4.69, 9.17) is 4.74 Å². The van der Waals surface area contributed by atoms with Gasteiger partial charge in [0.1, 0.15) is 5.75 Å². The molecule has 0 saturated carbocycles. The number of nitrogens with zero attached hydrogens (tertiary/aromatic N) is 2. The van der Waals surface area contributed by atoms with Crippen molar-refractivity contribution in [1.82, 2.24) is 10.2 Å². The van der Waals surface area contributed by atoms with E-state index in [2.05, 4.69) is 5.32 Å². The molecule has 1 atom stereocenters. The van der Waals surface area contributed by atoms with Crippen molar-refractivity contribution in [3.8, 4) is 5.75 Å². The quantitative estimate of drug-likeness (QED) is 0.761. The fourth-order valence-corrected chi connectivity index (χ4v) is 2.93. The van der Waals surface area contributed by atoms with Crippen molar-refractivity contribution in [3.05, 3.63) is 59.7 Å². The number of nitrogens with one attached hydrogen (secondary N) is 1. The molecule has 0 aliphatic carbocycles. The standard InChI is InChI=1S/C22H29N3O3/c1-16(26)23-21(18-8-12-20(28-5)13-9-18)14-22(27)25(4)15-17-6-10-19(11-7-17)24(2)3/h6-13,21H,14-15H2,1-5H3,(H,23,26). The number of ether oxygens (including phenoxy) is 1. The summed E-state index contributed by atoms with van der Waals surface area (Å²) in [6, 6.07) is 15.1. The highest BCUT2D eigenvalue weighted by atomic mass is 16.5. The summed E-state index contributed by atoms with van der Waals surface area (Å²) in [4.78, 5) is 28.1. The third-order valence-electron chi connectivity index (χ3n) is 4.57. The van der Waals surface area contributed by atoms with Gasteiger partial charge in [0, 0.05) is 40.3 Å². The van der Waals surface area contributed by atoms with Crippen molar-refractivity contribution in [3.63, 3.8) is 0 Å². The largest absolute Gasteiger partial charge is 0.497 e. The van der Waals surface area contributed by atoms with Gasteiger partial charge in [-0.25, -0.2) is 0 Å². The maximum atomic E-state index is 12.8. The maximum absolute atomic E-state index is 12.8. The minimum absolute atomic E-state index is 0.0359. The zero-order valence-electron chi connectivity index (χ0n) is 17.2. The first kappa shape index (κ1) is 21.3. The highest BCUT2D eigenvalue weighted by Gasteiger charge is 2.20. The van der Waals surface area contributed by atoms with Crippen molar-refractivity contribution < 1.29 is 14.3 Å². The molecule has 0 heterocycles. The monoisotopic (exact) mass is 383 g/mol. The Morgan fingerprint density at radius 1 is 1.00 bits per heavy atom. The van der Waals surface area contributed by atoms with Crippen LogP contribution < -0.4 is 15.0 Å². The Balaban J connectivity index is 2.05. The van der Waals surface area contributed by atoms with Crippen molar-refractivity contribution in [2.45, 2.75) is 25.9 Å². The van der Waals surface area contributed by atoms with Crippen LogP contribution in [0, 0.1) is 0 Å². The predicted octanol–water partition coefficient (Wildman–Crippen LogP) is 2.99. The van der Waals surface area contributed by atoms with Crippen LogP contribution >= 0.6 is 0 Å². The van der Waals surface area contributed by atoms with Gasteiger partial charge >= 0.3 is 0 Å². The molecule has 2 aromatic rings. The lowest BCUT2D eigenvalue weighted by Gasteiger charge is -2.23. The molecular formula is C22H29N3O3. The van der Waals surface area contributed by atoms with E-state index in [1.165, 1.54) is 6.92 Å². The number of amides is 2. The van der Waals surface area contributed by atoms with E-state index in [-0.39, 0.29) is 24.3 Å². The van der Waals surface area contributed by atoms with Crippen LogP contribution in [-0.4, -0.2) is 45.0 Å². The molecule has 6 heteroatoms. The van der Waals surface area contributed by atoms with E-state index in [1.54, 1.807) is 19.1 Å². The van der Waals surface area contributed by atoms with Crippen LogP contribution in [-0.2, 0) is 16.1 Å². The van der Waals surface area contributed by atoms with Crippen molar-refractivity contribution in [2.24, 2.45) is 0 Å².